The van der Waals surface area contributed by atoms with Gasteiger partial charge in [-0.2, -0.15) is 0 Å². The molecular formula is C14H19ClN2O2. The smallest absolute Gasteiger partial charge is 0.253 e. The lowest BCUT2D eigenvalue weighted by Gasteiger charge is -2.21. The van der Waals surface area contributed by atoms with E-state index in [9.17, 15) is 4.79 Å². The first kappa shape index (κ1) is 14.3. The average molecular weight is 283 g/mol. The van der Waals surface area contributed by atoms with Crippen LogP contribution in [0, 0.1) is 0 Å². The molecule has 1 saturated heterocycles. The lowest BCUT2D eigenvalue weighted by Crippen LogP contribution is -2.35. The Bertz CT molecular complexity index is 439. The normalized spacial score (nSPS) is 17.3. The minimum absolute atomic E-state index is 0.0355. The molecule has 1 heterocycles. The fraction of sp³-hybridized carbons (Fsp3) is 0.500. The van der Waals surface area contributed by atoms with Gasteiger partial charge in [-0.15, -0.1) is 0 Å². The van der Waals surface area contributed by atoms with E-state index in [1.807, 2.05) is 4.90 Å². The van der Waals surface area contributed by atoms with Crippen molar-refractivity contribution in [3.05, 3.63) is 34.9 Å². The number of aliphatic hydroxyl groups excluding tert-OH is 1. The second kappa shape index (κ2) is 6.89. The zero-order valence-corrected chi connectivity index (χ0v) is 11.6. The van der Waals surface area contributed by atoms with Crippen LogP contribution >= 0.6 is 11.6 Å². The van der Waals surface area contributed by atoms with Crippen molar-refractivity contribution in [2.45, 2.75) is 6.42 Å². The van der Waals surface area contributed by atoms with Gasteiger partial charge in [0.2, 0.25) is 0 Å². The zero-order chi connectivity index (χ0) is 13.7. The topological polar surface area (TPSA) is 43.8 Å². The number of amides is 1. The molecule has 1 aliphatic heterocycles. The molecule has 0 atom stereocenters. The Morgan fingerprint density at radius 3 is 2.84 bits per heavy atom. The number of nitrogens with zero attached hydrogens (tertiary/aromatic N) is 2. The highest BCUT2D eigenvalue weighted by atomic mass is 35.5. The number of β-amino-alcohol motifs (C(OH)–C–C–N with tert-alkyl or cyclic N) is 1. The molecule has 0 spiro atoms. The number of benzene rings is 1. The highest BCUT2D eigenvalue weighted by Gasteiger charge is 2.20. The largest absolute Gasteiger partial charge is 0.395 e. The van der Waals surface area contributed by atoms with Crippen LogP contribution in [0.4, 0.5) is 0 Å². The third kappa shape index (κ3) is 3.93. The highest BCUT2D eigenvalue weighted by molar-refractivity contribution is 6.30. The van der Waals surface area contributed by atoms with Crippen molar-refractivity contribution in [1.82, 2.24) is 9.80 Å². The number of hydrogen-bond donors (Lipinski definition) is 1. The molecule has 0 radical (unpaired) electrons. The van der Waals surface area contributed by atoms with Gasteiger partial charge in [-0.05, 0) is 31.2 Å². The molecule has 0 saturated carbocycles. The molecule has 0 aliphatic carbocycles. The highest BCUT2D eigenvalue weighted by Crippen LogP contribution is 2.14. The molecule has 1 amide bonds. The lowest BCUT2D eigenvalue weighted by atomic mass is 10.2. The van der Waals surface area contributed by atoms with Crippen molar-refractivity contribution in [3.63, 3.8) is 0 Å². The van der Waals surface area contributed by atoms with Crippen LogP contribution in [-0.4, -0.2) is 60.1 Å². The fourth-order valence-electron chi connectivity index (χ4n) is 2.34. The van der Waals surface area contributed by atoms with Gasteiger partial charge in [-0.25, -0.2) is 0 Å². The molecule has 1 N–H and O–H groups in total. The van der Waals surface area contributed by atoms with Crippen molar-refractivity contribution < 1.29 is 9.90 Å². The summed E-state index contributed by atoms with van der Waals surface area (Å²) in [7, 11) is 0. The summed E-state index contributed by atoms with van der Waals surface area (Å²) in [6.07, 6.45) is 0.937. The van der Waals surface area contributed by atoms with Crippen molar-refractivity contribution in [2.24, 2.45) is 0 Å². The van der Waals surface area contributed by atoms with Crippen LogP contribution in [0.2, 0.25) is 5.02 Å². The third-order valence-corrected chi connectivity index (χ3v) is 3.60. The minimum Gasteiger partial charge on any atom is -0.395 e. The first-order valence-corrected chi connectivity index (χ1v) is 6.96. The van der Waals surface area contributed by atoms with Crippen LogP contribution < -0.4 is 0 Å². The second-order valence-electron chi connectivity index (χ2n) is 4.72. The monoisotopic (exact) mass is 282 g/mol. The van der Waals surface area contributed by atoms with Crippen LogP contribution in [-0.2, 0) is 0 Å². The van der Waals surface area contributed by atoms with Gasteiger partial charge < -0.3 is 10.0 Å². The van der Waals surface area contributed by atoms with E-state index < -0.39 is 0 Å². The molecule has 104 valence electrons. The standard InChI is InChI=1S/C14H19ClN2O2/c15-13-4-1-3-12(11-13)14(19)17-6-2-5-16(7-8-17)9-10-18/h1,3-4,11,18H,2,5-10H2. The number of halogens is 1. The molecule has 2 rings (SSSR count). The van der Waals surface area contributed by atoms with E-state index in [1.54, 1.807) is 24.3 Å². The van der Waals surface area contributed by atoms with Crippen molar-refractivity contribution >= 4 is 17.5 Å². The van der Waals surface area contributed by atoms with E-state index in [1.165, 1.54) is 0 Å². The van der Waals surface area contributed by atoms with Gasteiger partial charge in [0.15, 0.2) is 0 Å². The quantitative estimate of drug-likeness (QED) is 0.913. The van der Waals surface area contributed by atoms with Gasteiger partial charge in [-0.1, -0.05) is 17.7 Å². The first-order chi connectivity index (χ1) is 9.20. The van der Waals surface area contributed by atoms with Gasteiger partial charge >= 0.3 is 0 Å². The third-order valence-electron chi connectivity index (χ3n) is 3.36. The van der Waals surface area contributed by atoms with Gasteiger partial charge in [0.05, 0.1) is 6.61 Å². The number of hydrogen-bond acceptors (Lipinski definition) is 3. The molecule has 1 fully saturated rings. The maximum absolute atomic E-state index is 12.4. The van der Waals surface area contributed by atoms with E-state index in [4.69, 9.17) is 16.7 Å². The van der Waals surface area contributed by atoms with Gasteiger partial charge in [0.25, 0.3) is 5.91 Å². The maximum atomic E-state index is 12.4. The Morgan fingerprint density at radius 1 is 1.26 bits per heavy atom. The summed E-state index contributed by atoms with van der Waals surface area (Å²) in [6.45, 7) is 4.05. The number of carbonyl (C=O) groups is 1. The van der Waals surface area contributed by atoms with Gasteiger partial charge in [-0.3, -0.25) is 9.69 Å². The van der Waals surface area contributed by atoms with Crippen LogP contribution in [0.1, 0.15) is 16.8 Å². The molecular weight excluding hydrogens is 264 g/mol. The summed E-state index contributed by atoms with van der Waals surface area (Å²) in [4.78, 5) is 16.4. The Balaban J connectivity index is 2.00. The number of rotatable bonds is 3. The summed E-state index contributed by atoms with van der Waals surface area (Å²) in [5, 5.41) is 9.54. The van der Waals surface area contributed by atoms with E-state index in [0.717, 1.165) is 26.1 Å². The van der Waals surface area contributed by atoms with Crippen molar-refractivity contribution in [3.8, 4) is 0 Å². The molecule has 1 aromatic rings. The summed E-state index contributed by atoms with van der Waals surface area (Å²) < 4.78 is 0. The second-order valence-corrected chi connectivity index (χ2v) is 5.16. The van der Waals surface area contributed by atoms with E-state index in [-0.39, 0.29) is 12.5 Å². The molecule has 0 unspecified atom stereocenters. The Kier molecular flexibility index (Phi) is 5.19. The minimum atomic E-state index is 0.0355. The maximum Gasteiger partial charge on any atom is 0.253 e. The lowest BCUT2D eigenvalue weighted by molar-refractivity contribution is 0.0760. The molecule has 1 aromatic carbocycles. The van der Waals surface area contributed by atoms with E-state index >= 15 is 0 Å². The van der Waals surface area contributed by atoms with Crippen molar-refractivity contribution in [2.75, 3.05) is 39.3 Å². The van der Waals surface area contributed by atoms with Crippen LogP contribution in [0.5, 0.6) is 0 Å². The van der Waals surface area contributed by atoms with Gasteiger partial charge in [0, 0.05) is 36.8 Å². The van der Waals surface area contributed by atoms with E-state index in [2.05, 4.69) is 4.90 Å². The average Bonchev–Trinajstić information content (AvgIpc) is 2.64. The molecule has 4 nitrogen and oxygen atoms in total. The summed E-state index contributed by atoms with van der Waals surface area (Å²) >= 11 is 5.92. The summed E-state index contributed by atoms with van der Waals surface area (Å²) in [5.41, 5.74) is 0.642. The van der Waals surface area contributed by atoms with Gasteiger partial charge in [0.1, 0.15) is 0 Å². The van der Waals surface area contributed by atoms with E-state index in [0.29, 0.717) is 23.7 Å². The molecule has 0 aromatic heterocycles. The predicted octanol–water partition coefficient (Wildman–Crippen LogP) is 1.48. The Morgan fingerprint density at radius 2 is 2.11 bits per heavy atom. The molecule has 0 bridgehead atoms. The number of carbonyl (C=O) groups excluding carboxylic acids is 1. The predicted molar refractivity (Wildman–Crippen MR) is 75.5 cm³/mol. The van der Waals surface area contributed by atoms with Crippen LogP contribution in [0.3, 0.4) is 0 Å². The fourth-order valence-corrected chi connectivity index (χ4v) is 2.53. The SMILES string of the molecule is O=C(c1cccc(Cl)c1)N1CCCN(CCO)CC1. The molecule has 19 heavy (non-hydrogen) atoms. The number of aliphatic hydroxyl groups is 1. The summed E-state index contributed by atoms with van der Waals surface area (Å²) in [5.74, 6) is 0.0355. The first-order valence-electron chi connectivity index (χ1n) is 6.59. The van der Waals surface area contributed by atoms with Crippen LogP contribution in [0.15, 0.2) is 24.3 Å². The molecule has 5 heteroatoms. The Hall–Kier alpha value is -1.10. The van der Waals surface area contributed by atoms with Crippen LogP contribution in [0.25, 0.3) is 0 Å². The van der Waals surface area contributed by atoms with Crippen molar-refractivity contribution in [1.29, 1.82) is 0 Å². The summed E-state index contributed by atoms with van der Waals surface area (Å²) in [6, 6.07) is 7.07. The molecule has 1 aliphatic rings. The Labute approximate surface area is 118 Å². The zero-order valence-electron chi connectivity index (χ0n) is 10.9.